The van der Waals surface area contributed by atoms with Crippen LogP contribution in [0.1, 0.15) is 16.7 Å². The van der Waals surface area contributed by atoms with Crippen molar-refractivity contribution in [1.82, 2.24) is 4.90 Å². The maximum Gasteiger partial charge on any atom is 0.336 e. The molecule has 0 fully saturated rings. The quantitative estimate of drug-likeness (QED) is 0.658. The molecule has 140 valence electrons. The number of ether oxygens (including phenoxy) is 3. The van der Waals surface area contributed by atoms with E-state index in [0.29, 0.717) is 25.4 Å². The third kappa shape index (κ3) is 3.24. The van der Waals surface area contributed by atoms with Gasteiger partial charge in [-0.25, -0.2) is 4.79 Å². The monoisotopic (exact) mass is 367 g/mol. The molecular formula is C21H21NO5. The lowest BCUT2D eigenvalue weighted by molar-refractivity contribution is 0.0882. The van der Waals surface area contributed by atoms with Crippen LogP contribution >= 0.6 is 0 Å². The van der Waals surface area contributed by atoms with Crippen molar-refractivity contribution in [3.63, 3.8) is 0 Å². The predicted molar refractivity (Wildman–Crippen MR) is 102 cm³/mol. The van der Waals surface area contributed by atoms with Crippen molar-refractivity contribution in [3.05, 3.63) is 63.5 Å². The lowest BCUT2D eigenvalue weighted by Crippen LogP contribution is -2.31. The van der Waals surface area contributed by atoms with Crippen LogP contribution in [0.25, 0.3) is 11.0 Å². The normalized spacial score (nSPS) is 13.9. The first-order valence-electron chi connectivity index (χ1n) is 8.71. The van der Waals surface area contributed by atoms with Crippen LogP contribution in [-0.2, 0) is 13.1 Å². The first-order chi connectivity index (χ1) is 13.1. The summed E-state index contributed by atoms with van der Waals surface area (Å²) in [6, 6.07) is 11.2. The zero-order chi connectivity index (χ0) is 19.0. The molecule has 4 rings (SSSR count). The van der Waals surface area contributed by atoms with Gasteiger partial charge in [0.2, 0.25) is 0 Å². The Morgan fingerprint density at radius 2 is 1.96 bits per heavy atom. The molecular weight excluding hydrogens is 346 g/mol. The molecule has 1 aliphatic rings. The van der Waals surface area contributed by atoms with Gasteiger partial charge < -0.3 is 18.6 Å². The fraction of sp³-hybridized carbons (Fsp3) is 0.286. The SMILES string of the molecule is COc1ccc(CN2COc3ccc4c(C)cc(=O)oc4c3C2)c(OC)c1. The Hall–Kier alpha value is -2.99. The average molecular weight is 367 g/mol. The summed E-state index contributed by atoms with van der Waals surface area (Å²) in [4.78, 5) is 14.0. The van der Waals surface area contributed by atoms with Crippen molar-refractivity contribution in [2.45, 2.75) is 20.0 Å². The van der Waals surface area contributed by atoms with Crippen LogP contribution < -0.4 is 19.8 Å². The number of benzene rings is 2. The van der Waals surface area contributed by atoms with Crippen LogP contribution in [0.5, 0.6) is 17.2 Å². The number of nitrogens with zero attached hydrogens (tertiary/aromatic N) is 1. The molecule has 0 radical (unpaired) electrons. The highest BCUT2D eigenvalue weighted by Crippen LogP contribution is 2.34. The molecule has 0 atom stereocenters. The maximum absolute atomic E-state index is 11.9. The van der Waals surface area contributed by atoms with Gasteiger partial charge in [0.1, 0.15) is 29.6 Å². The zero-order valence-corrected chi connectivity index (χ0v) is 15.6. The van der Waals surface area contributed by atoms with Crippen LogP contribution in [0.2, 0.25) is 0 Å². The highest BCUT2D eigenvalue weighted by molar-refractivity contribution is 5.85. The molecule has 0 saturated heterocycles. The van der Waals surface area contributed by atoms with E-state index in [-0.39, 0.29) is 5.63 Å². The van der Waals surface area contributed by atoms with Gasteiger partial charge in [-0.05, 0) is 30.7 Å². The molecule has 6 heteroatoms. The van der Waals surface area contributed by atoms with Gasteiger partial charge in [0.05, 0.1) is 19.8 Å². The number of hydrogen-bond donors (Lipinski definition) is 0. The molecule has 0 unspecified atom stereocenters. The van der Waals surface area contributed by atoms with E-state index in [4.69, 9.17) is 18.6 Å². The van der Waals surface area contributed by atoms with E-state index in [0.717, 1.165) is 39.3 Å². The first-order valence-corrected chi connectivity index (χ1v) is 8.71. The number of aryl methyl sites for hydroxylation is 1. The topological polar surface area (TPSA) is 61.1 Å². The minimum Gasteiger partial charge on any atom is -0.497 e. The van der Waals surface area contributed by atoms with E-state index >= 15 is 0 Å². The van der Waals surface area contributed by atoms with E-state index < -0.39 is 0 Å². The number of hydrogen-bond acceptors (Lipinski definition) is 6. The largest absolute Gasteiger partial charge is 0.497 e. The van der Waals surface area contributed by atoms with Gasteiger partial charge in [0, 0.05) is 36.2 Å². The Morgan fingerprint density at radius 1 is 1.11 bits per heavy atom. The van der Waals surface area contributed by atoms with Gasteiger partial charge in [-0.15, -0.1) is 0 Å². The standard InChI is InChI=1S/C21H21NO5/c1-13-8-20(23)27-21-16(13)6-7-18-17(21)11-22(12-26-18)10-14-4-5-15(24-2)9-19(14)25-3/h4-9H,10-12H2,1-3H3. The Balaban J connectivity index is 1.67. The molecule has 6 nitrogen and oxygen atoms in total. The Kier molecular flexibility index (Phi) is 4.49. The average Bonchev–Trinajstić information content (AvgIpc) is 2.68. The molecule has 0 N–H and O–H groups in total. The van der Waals surface area contributed by atoms with E-state index in [1.807, 2.05) is 37.3 Å². The van der Waals surface area contributed by atoms with Crippen molar-refractivity contribution in [1.29, 1.82) is 0 Å². The summed E-state index contributed by atoms with van der Waals surface area (Å²) in [6.07, 6.45) is 0. The maximum atomic E-state index is 11.9. The lowest BCUT2D eigenvalue weighted by Gasteiger charge is -2.29. The van der Waals surface area contributed by atoms with Crippen LogP contribution in [0.3, 0.4) is 0 Å². The van der Waals surface area contributed by atoms with Gasteiger partial charge in [0.25, 0.3) is 0 Å². The minimum atomic E-state index is -0.345. The highest BCUT2D eigenvalue weighted by atomic mass is 16.5. The fourth-order valence-electron chi connectivity index (χ4n) is 3.46. The lowest BCUT2D eigenvalue weighted by atomic mass is 10.0. The van der Waals surface area contributed by atoms with Crippen LogP contribution in [0, 0.1) is 6.92 Å². The van der Waals surface area contributed by atoms with E-state index in [1.54, 1.807) is 14.2 Å². The first kappa shape index (κ1) is 17.4. The van der Waals surface area contributed by atoms with E-state index in [1.165, 1.54) is 6.07 Å². The number of methoxy groups -OCH3 is 2. The summed E-state index contributed by atoms with van der Waals surface area (Å²) in [5.41, 5.74) is 3.08. The Labute approximate surface area is 156 Å². The smallest absolute Gasteiger partial charge is 0.336 e. The Bertz CT molecular complexity index is 1060. The van der Waals surface area contributed by atoms with Crippen molar-refractivity contribution in [2.75, 3.05) is 21.0 Å². The fourth-order valence-corrected chi connectivity index (χ4v) is 3.46. The molecule has 3 aromatic rings. The summed E-state index contributed by atoms with van der Waals surface area (Å²) in [5, 5.41) is 0.931. The summed E-state index contributed by atoms with van der Waals surface area (Å²) >= 11 is 0. The molecule has 1 aromatic heterocycles. The van der Waals surface area contributed by atoms with Gasteiger partial charge in [0.15, 0.2) is 0 Å². The van der Waals surface area contributed by atoms with Crippen molar-refractivity contribution in [2.24, 2.45) is 0 Å². The van der Waals surface area contributed by atoms with Crippen LogP contribution in [0.15, 0.2) is 45.6 Å². The Morgan fingerprint density at radius 3 is 2.74 bits per heavy atom. The van der Waals surface area contributed by atoms with Gasteiger partial charge in [-0.1, -0.05) is 6.07 Å². The zero-order valence-electron chi connectivity index (χ0n) is 15.6. The molecule has 0 amide bonds. The van der Waals surface area contributed by atoms with E-state index in [2.05, 4.69) is 4.90 Å². The second kappa shape index (κ2) is 6.96. The minimum absolute atomic E-state index is 0.345. The third-order valence-electron chi connectivity index (χ3n) is 4.85. The molecule has 0 aliphatic carbocycles. The molecule has 1 aliphatic heterocycles. The summed E-state index contributed by atoms with van der Waals surface area (Å²) < 4.78 is 22.2. The van der Waals surface area contributed by atoms with Crippen molar-refractivity contribution < 1.29 is 18.6 Å². The molecule has 0 saturated carbocycles. The molecule has 0 bridgehead atoms. The third-order valence-corrected chi connectivity index (χ3v) is 4.85. The molecule has 27 heavy (non-hydrogen) atoms. The second-order valence-corrected chi connectivity index (χ2v) is 6.61. The number of rotatable bonds is 4. The van der Waals surface area contributed by atoms with Crippen molar-refractivity contribution >= 4 is 11.0 Å². The van der Waals surface area contributed by atoms with Gasteiger partial charge >= 0.3 is 5.63 Å². The summed E-state index contributed by atoms with van der Waals surface area (Å²) in [7, 11) is 3.27. The molecule has 2 aromatic carbocycles. The molecule has 0 spiro atoms. The predicted octanol–water partition coefficient (Wildman–Crippen LogP) is 3.47. The van der Waals surface area contributed by atoms with Gasteiger partial charge in [-0.2, -0.15) is 0 Å². The highest BCUT2D eigenvalue weighted by Gasteiger charge is 2.23. The van der Waals surface area contributed by atoms with Crippen LogP contribution in [0.4, 0.5) is 0 Å². The molecule has 2 heterocycles. The summed E-state index contributed by atoms with van der Waals surface area (Å²) in [5.74, 6) is 2.27. The number of fused-ring (bicyclic) bond motifs is 3. The van der Waals surface area contributed by atoms with Crippen molar-refractivity contribution in [3.8, 4) is 17.2 Å². The van der Waals surface area contributed by atoms with E-state index in [9.17, 15) is 4.79 Å². The second-order valence-electron chi connectivity index (χ2n) is 6.61. The summed E-state index contributed by atoms with van der Waals surface area (Å²) in [6.45, 7) is 3.62. The van der Waals surface area contributed by atoms with Gasteiger partial charge in [-0.3, -0.25) is 4.90 Å². The van der Waals surface area contributed by atoms with Crippen LogP contribution in [-0.4, -0.2) is 25.9 Å².